The Morgan fingerprint density at radius 1 is 1.23 bits per heavy atom. The molecule has 1 aliphatic heterocycles. The fourth-order valence-electron chi connectivity index (χ4n) is 1.89. The Hall–Kier alpha value is -2.78. The van der Waals surface area contributed by atoms with E-state index in [0.29, 0.717) is 0 Å². The lowest BCUT2D eigenvalue weighted by atomic mass is 10.2. The first-order chi connectivity index (χ1) is 11.8. The predicted octanol–water partition coefficient (Wildman–Crippen LogP) is 0.664. The molecule has 0 aromatic rings. The van der Waals surface area contributed by atoms with Crippen LogP contribution in [0.1, 0.15) is 41.0 Å². The summed E-state index contributed by atoms with van der Waals surface area (Å²) in [5.41, 5.74) is -1.10. The van der Waals surface area contributed by atoms with E-state index in [1.807, 2.05) is 0 Å². The predicted molar refractivity (Wildman–Crippen MR) is 87.8 cm³/mol. The van der Waals surface area contributed by atoms with Crippen molar-refractivity contribution in [1.82, 2.24) is 10.6 Å². The van der Waals surface area contributed by atoms with Crippen LogP contribution in [0.25, 0.3) is 0 Å². The van der Waals surface area contributed by atoms with Gasteiger partial charge in [0.15, 0.2) is 5.57 Å². The molecule has 26 heavy (non-hydrogen) atoms. The number of hydrogen-bond donors (Lipinski definition) is 3. The third-order valence-electron chi connectivity index (χ3n) is 2.93. The van der Waals surface area contributed by atoms with Gasteiger partial charge in [-0.25, -0.2) is 19.2 Å². The Balaban J connectivity index is 2.56. The topological polar surface area (TPSA) is 140 Å². The zero-order valence-corrected chi connectivity index (χ0v) is 15.4. The normalized spacial score (nSPS) is 17.5. The number of cyclic esters (lactones) is 2. The summed E-state index contributed by atoms with van der Waals surface area (Å²) in [5.74, 6) is -4.28. The number of ether oxygens (including phenoxy) is 3. The van der Waals surface area contributed by atoms with E-state index in [9.17, 15) is 19.2 Å². The van der Waals surface area contributed by atoms with Crippen LogP contribution >= 0.6 is 0 Å². The van der Waals surface area contributed by atoms with E-state index >= 15 is 0 Å². The lowest BCUT2D eigenvalue weighted by Gasteiger charge is -2.29. The molecule has 0 aromatic carbocycles. The van der Waals surface area contributed by atoms with Gasteiger partial charge in [-0.1, -0.05) is 0 Å². The molecule has 146 valence electrons. The molecule has 0 bridgehead atoms. The van der Waals surface area contributed by atoms with Gasteiger partial charge in [0.25, 0.3) is 5.79 Å². The summed E-state index contributed by atoms with van der Waals surface area (Å²) < 4.78 is 14.8. The molecule has 0 aliphatic carbocycles. The quantitative estimate of drug-likeness (QED) is 0.265. The summed E-state index contributed by atoms with van der Waals surface area (Å²) >= 11 is 0. The highest BCUT2D eigenvalue weighted by atomic mass is 16.7. The smallest absolute Gasteiger partial charge is 0.408 e. The highest BCUT2D eigenvalue weighted by Gasteiger charge is 2.38. The number of carbonyl (C=O) groups is 4. The third-order valence-corrected chi connectivity index (χ3v) is 2.93. The Morgan fingerprint density at radius 3 is 2.23 bits per heavy atom. The van der Waals surface area contributed by atoms with E-state index in [2.05, 4.69) is 10.6 Å². The molecule has 10 heteroatoms. The summed E-state index contributed by atoms with van der Waals surface area (Å²) in [7, 11) is 0. The van der Waals surface area contributed by atoms with Crippen LogP contribution in [0.15, 0.2) is 11.8 Å². The summed E-state index contributed by atoms with van der Waals surface area (Å²) in [6.07, 6.45) is 0.213. The number of carboxylic acids is 1. The average Bonchev–Trinajstić information content (AvgIpc) is 2.40. The monoisotopic (exact) mass is 372 g/mol. The highest BCUT2D eigenvalue weighted by Crippen LogP contribution is 2.21. The van der Waals surface area contributed by atoms with E-state index in [0.717, 1.165) is 6.20 Å². The second-order valence-electron chi connectivity index (χ2n) is 7.02. The van der Waals surface area contributed by atoms with Gasteiger partial charge in [-0.15, -0.1) is 0 Å². The van der Waals surface area contributed by atoms with E-state index in [4.69, 9.17) is 19.3 Å². The van der Waals surface area contributed by atoms with Crippen LogP contribution < -0.4 is 10.6 Å². The standard InChI is InChI=1S/C16H24N2O8/c1-15(2,3)26-14(23)18-10(11(19)20)6-7-17-8-9-12(21)24-16(4,5)25-13(9)22/h8,10,17H,6-7H2,1-5H3,(H,18,23)(H,19,20)/t10-/m0/s1. The van der Waals surface area contributed by atoms with E-state index in [1.165, 1.54) is 13.8 Å². The molecule has 1 atom stereocenters. The number of carboxylic acid groups (broad SMARTS) is 1. The highest BCUT2D eigenvalue weighted by molar-refractivity contribution is 6.15. The minimum absolute atomic E-state index is 0.0199. The molecular weight excluding hydrogens is 348 g/mol. The van der Waals surface area contributed by atoms with Gasteiger partial charge in [-0.3, -0.25) is 0 Å². The van der Waals surface area contributed by atoms with Crippen LogP contribution in [0.5, 0.6) is 0 Å². The SMILES string of the molecule is CC(C)(C)OC(=O)N[C@@H](CCNC=C1C(=O)OC(C)(C)OC1=O)C(=O)O. The lowest BCUT2D eigenvalue weighted by molar-refractivity contribution is -0.222. The van der Waals surface area contributed by atoms with Crippen molar-refractivity contribution in [3.63, 3.8) is 0 Å². The summed E-state index contributed by atoms with van der Waals surface area (Å²) in [5, 5.41) is 14.0. The lowest BCUT2D eigenvalue weighted by Crippen LogP contribution is -2.44. The molecule has 0 radical (unpaired) electrons. The minimum Gasteiger partial charge on any atom is -0.480 e. The molecule has 1 rings (SSSR count). The second-order valence-corrected chi connectivity index (χ2v) is 7.02. The molecule has 0 unspecified atom stereocenters. The minimum atomic E-state index is -1.34. The Morgan fingerprint density at radius 2 is 1.77 bits per heavy atom. The Bertz CT molecular complexity index is 596. The second kappa shape index (κ2) is 8.07. The average molecular weight is 372 g/mol. The molecule has 1 amide bonds. The van der Waals surface area contributed by atoms with Gasteiger partial charge in [0, 0.05) is 26.6 Å². The van der Waals surface area contributed by atoms with Gasteiger partial charge in [0.1, 0.15) is 11.6 Å². The number of carbonyl (C=O) groups excluding carboxylic acids is 3. The Kier molecular flexibility index (Phi) is 6.60. The Labute approximate surface area is 150 Å². The van der Waals surface area contributed by atoms with Crippen molar-refractivity contribution in [2.24, 2.45) is 0 Å². The molecule has 0 spiro atoms. The van der Waals surface area contributed by atoms with Crippen molar-refractivity contribution < 1.29 is 38.5 Å². The molecule has 1 saturated heterocycles. The molecule has 0 aromatic heterocycles. The van der Waals surface area contributed by atoms with Crippen molar-refractivity contribution in [1.29, 1.82) is 0 Å². The van der Waals surface area contributed by atoms with Crippen LogP contribution in [0.3, 0.4) is 0 Å². The van der Waals surface area contributed by atoms with Crippen molar-refractivity contribution in [3.8, 4) is 0 Å². The molecule has 1 aliphatic rings. The largest absolute Gasteiger partial charge is 0.480 e. The van der Waals surface area contributed by atoms with Crippen molar-refractivity contribution in [2.75, 3.05) is 6.54 Å². The summed E-state index contributed by atoms with van der Waals surface area (Å²) in [6, 6.07) is -1.21. The van der Waals surface area contributed by atoms with Gasteiger partial charge in [-0.05, 0) is 27.2 Å². The third kappa shape index (κ3) is 6.99. The zero-order chi connectivity index (χ0) is 20.1. The summed E-state index contributed by atoms with van der Waals surface area (Å²) in [6.45, 7) is 7.86. The van der Waals surface area contributed by atoms with E-state index in [1.54, 1.807) is 20.8 Å². The first-order valence-corrected chi connectivity index (χ1v) is 7.93. The maximum Gasteiger partial charge on any atom is 0.408 e. The number of amides is 1. The first kappa shape index (κ1) is 21.3. The van der Waals surface area contributed by atoms with Crippen molar-refractivity contribution >= 4 is 24.0 Å². The number of hydrogen-bond acceptors (Lipinski definition) is 8. The van der Waals surface area contributed by atoms with Gasteiger partial charge in [-0.2, -0.15) is 0 Å². The van der Waals surface area contributed by atoms with Crippen LogP contribution in [-0.2, 0) is 28.6 Å². The first-order valence-electron chi connectivity index (χ1n) is 7.93. The number of aliphatic carboxylic acids is 1. The van der Waals surface area contributed by atoms with Gasteiger partial charge < -0.3 is 30.0 Å². The summed E-state index contributed by atoms with van der Waals surface area (Å²) in [4.78, 5) is 46.3. The molecule has 1 heterocycles. The van der Waals surface area contributed by atoms with Crippen LogP contribution in [0.2, 0.25) is 0 Å². The molecule has 0 saturated carbocycles. The number of rotatable bonds is 6. The van der Waals surface area contributed by atoms with Crippen LogP contribution in [0.4, 0.5) is 4.79 Å². The fraction of sp³-hybridized carbons (Fsp3) is 0.625. The molecule has 1 fully saturated rings. The molecule has 3 N–H and O–H groups in total. The molecular formula is C16H24N2O8. The van der Waals surface area contributed by atoms with Crippen molar-refractivity contribution in [3.05, 3.63) is 11.8 Å². The van der Waals surface area contributed by atoms with E-state index < -0.39 is 41.4 Å². The van der Waals surface area contributed by atoms with E-state index in [-0.39, 0.29) is 18.5 Å². The number of esters is 2. The van der Waals surface area contributed by atoms with Gasteiger partial charge >= 0.3 is 24.0 Å². The fourth-order valence-corrected chi connectivity index (χ4v) is 1.89. The van der Waals surface area contributed by atoms with Gasteiger partial charge in [0.2, 0.25) is 0 Å². The maximum absolute atomic E-state index is 11.7. The van der Waals surface area contributed by atoms with Crippen LogP contribution in [0, 0.1) is 0 Å². The van der Waals surface area contributed by atoms with Crippen molar-refractivity contribution in [2.45, 2.75) is 58.5 Å². The van der Waals surface area contributed by atoms with Gasteiger partial charge in [0.05, 0.1) is 0 Å². The number of alkyl carbamates (subject to hydrolysis) is 1. The molecule has 10 nitrogen and oxygen atoms in total. The maximum atomic E-state index is 11.7. The zero-order valence-electron chi connectivity index (χ0n) is 15.4. The van der Waals surface area contributed by atoms with Crippen LogP contribution in [-0.4, -0.2) is 53.1 Å². The number of nitrogens with one attached hydrogen (secondary N) is 2.